The lowest BCUT2D eigenvalue weighted by molar-refractivity contribution is -0.134. The monoisotopic (exact) mass is 259 g/mol. The van der Waals surface area contributed by atoms with Gasteiger partial charge in [0.25, 0.3) is 0 Å². The summed E-state index contributed by atoms with van der Waals surface area (Å²) in [7, 11) is 0. The molecule has 19 heavy (non-hydrogen) atoms. The van der Waals surface area contributed by atoms with Gasteiger partial charge in [0, 0.05) is 17.9 Å². The number of furan rings is 1. The van der Waals surface area contributed by atoms with Crippen LogP contribution >= 0.6 is 0 Å². The Morgan fingerprint density at radius 1 is 1.32 bits per heavy atom. The Labute approximate surface area is 114 Å². The second kappa shape index (κ2) is 4.12. The minimum Gasteiger partial charge on any atom is -0.464 e. The highest BCUT2D eigenvalue weighted by molar-refractivity contribution is 5.81. The van der Waals surface area contributed by atoms with Crippen molar-refractivity contribution in [1.82, 2.24) is 4.90 Å². The van der Waals surface area contributed by atoms with E-state index in [9.17, 15) is 4.79 Å². The Bertz CT molecular complexity index is 499. The van der Waals surface area contributed by atoms with Crippen molar-refractivity contribution in [2.75, 3.05) is 0 Å². The lowest BCUT2D eigenvalue weighted by Crippen LogP contribution is -2.33. The van der Waals surface area contributed by atoms with Crippen molar-refractivity contribution in [3.63, 3.8) is 0 Å². The maximum Gasteiger partial charge on any atom is 0.226 e. The molecule has 0 radical (unpaired) electrons. The van der Waals surface area contributed by atoms with Crippen molar-refractivity contribution < 1.29 is 9.21 Å². The van der Waals surface area contributed by atoms with Gasteiger partial charge in [-0.3, -0.25) is 4.79 Å². The molecule has 3 nitrogen and oxygen atoms in total. The molecule has 0 aliphatic heterocycles. The van der Waals surface area contributed by atoms with Crippen LogP contribution in [0, 0.1) is 11.8 Å². The Morgan fingerprint density at radius 2 is 2.05 bits per heavy atom. The predicted octanol–water partition coefficient (Wildman–Crippen LogP) is 3.30. The van der Waals surface area contributed by atoms with E-state index in [4.69, 9.17) is 4.42 Å². The summed E-state index contributed by atoms with van der Waals surface area (Å²) in [5.41, 5.74) is 0. The number of nitrogens with zero attached hydrogens (tertiary/aromatic N) is 1. The fourth-order valence-electron chi connectivity index (χ4n) is 2.90. The van der Waals surface area contributed by atoms with E-state index in [1.807, 2.05) is 0 Å². The van der Waals surface area contributed by atoms with Gasteiger partial charge in [-0.05, 0) is 50.2 Å². The zero-order valence-electron chi connectivity index (χ0n) is 11.5. The SMILES string of the molecule is C[C@H]1C[C@H]1c1ccc(CN(C(=O)C2CC2)C2CC2)o1. The van der Waals surface area contributed by atoms with E-state index in [2.05, 4.69) is 24.0 Å². The third kappa shape index (κ3) is 2.31. The Morgan fingerprint density at radius 3 is 2.63 bits per heavy atom. The highest BCUT2D eigenvalue weighted by Crippen LogP contribution is 2.47. The maximum atomic E-state index is 12.3. The van der Waals surface area contributed by atoms with Crippen LogP contribution in [0.25, 0.3) is 0 Å². The van der Waals surface area contributed by atoms with Crippen molar-refractivity contribution in [3.05, 3.63) is 23.7 Å². The molecule has 0 saturated heterocycles. The number of amides is 1. The summed E-state index contributed by atoms with van der Waals surface area (Å²) < 4.78 is 5.94. The van der Waals surface area contributed by atoms with Crippen LogP contribution in [0.15, 0.2) is 16.5 Å². The van der Waals surface area contributed by atoms with E-state index in [0.29, 0.717) is 30.3 Å². The summed E-state index contributed by atoms with van der Waals surface area (Å²) in [6.45, 7) is 2.95. The Balaban J connectivity index is 1.45. The molecular weight excluding hydrogens is 238 g/mol. The normalized spacial score (nSPS) is 29.3. The molecule has 0 spiro atoms. The smallest absolute Gasteiger partial charge is 0.226 e. The molecule has 2 atom stereocenters. The lowest BCUT2D eigenvalue weighted by Gasteiger charge is -2.21. The third-order valence-electron chi connectivity index (χ3n) is 4.68. The van der Waals surface area contributed by atoms with E-state index < -0.39 is 0 Å². The zero-order chi connectivity index (χ0) is 13.0. The molecule has 0 bridgehead atoms. The first-order chi connectivity index (χ1) is 9.22. The van der Waals surface area contributed by atoms with Gasteiger partial charge < -0.3 is 9.32 Å². The molecule has 1 amide bonds. The van der Waals surface area contributed by atoms with Crippen LogP contribution in [0.2, 0.25) is 0 Å². The quantitative estimate of drug-likeness (QED) is 0.813. The van der Waals surface area contributed by atoms with Gasteiger partial charge in [0.15, 0.2) is 0 Å². The number of rotatable bonds is 5. The second-order valence-corrected chi connectivity index (χ2v) is 6.60. The molecule has 102 valence electrons. The van der Waals surface area contributed by atoms with Gasteiger partial charge in [0.05, 0.1) is 6.54 Å². The van der Waals surface area contributed by atoms with Crippen LogP contribution in [0.3, 0.4) is 0 Å². The fraction of sp³-hybridized carbons (Fsp3) is 0.688. The molecule has 0 aromatic carbocycles. The standard InChI is InChI=1S/C16H21NO2/c1-10-8-14(10)15-7-6-13(19-15)9-17(12-4-5-12)16(18)11-2-3-11/h6-7,10-12,14H,2-5,8-9H2,1H3/t10-,14+/m0/s1. The first-order valence-corrected chi connectivity index (χ1v) is 7.61. The van der Waals surface area contributed by atoms with Crippen molar-refractivity contribution >= 4 is 5.91 Å². The van der Waals surface area contributed by atoms with E-state index in [-0.39, 0.29) is 0 Å². The van der Waals surface area contributed by atoms with Crippen LogP contribution in [0.4, 0.5) is 0 Å². The van der Waals surface area contributed by atoms with E-state index in [1.54, 1.807) is 0 Å². The maximum absolute atomic E-state index is 12.3. The second-order valence-electron chi connectivity index (χ2n) is 6.60. The largest absolute Gasteiger partial charge is 0.464 e. The molecule has 1 aromatic rings. The minimum atomic E-state index is 0.318. The molecule has 3 aliphatic carbocycles. The van der Waals surface area contributed by atoms with E-state index in [0.717, 1.165) is 30.3 Å². The number of hydrogen-bond acceptors (Lipinski definition) is 2. The van der Waals surface area contributed by atoms with Crippen molar-refractivity contribution in [2.45, 2.75) is 57.5 Å². The molecule has 0 unspecified atom stereocenters. The lowest BCUT2D eigenvalue weighted by atomic mass is 10.2. The van der Waals surface area contributed by atoms with E-state index in [1.165, 1.54) is 19.3 Å². The van der Waals surface area contributed by atoms with Gasteiger partial charge in [-0.2, -0.15) is 0 Å². The molecule has 3 heteroatoms. The van der Waals surface area contributed by atoms with Gasteiger partial charge in [0.2, 0.25) is 5.91 Å². The summed E-state index contributed by atoms with van der Waals surface area (Å²) in [5.74, 6) is 4.17. The average Bonchev–Trinajstić information content (AvgIpc) is 3.24. The zero-order valence-corrected chi connectivity index (χ0v) is 11.5. The Hall–Kier alpha value is -1.25. The first kappa shape index (κ1) is 11.6. The summed E-state index contributed by atoms with van der Waals surface area (Å²) >= 11 is 0. The molecule has 1 heterocycles. The van der Waals surface area contributed by atoms with Gasteiger partial charge in [0.1, 0.15) is 11.5 Å². The van der Waals surface area contributed by atoms with Crippen LogP contribution in [0.5, 0.6) is 0 Å². The van der Waals surface area contributed by atoms with Gasteiger partial charge in [-0.25, -0.2) is 0 Å². The fourth-order valence-corrected chi connectivity index (χ4v) is 2.90. The number of carbonyl (C=O) groups excluding carboxylic acids is 1. The molecule has 1 aromatic heterocycles. The van der Waals surface area contributed by atoms with Crippen molar-refractivity contribution in [3.8, 4) is 0 Å². The Kier molecular flexibility index (Phi) is 2.51. The summed E-state index contributed by atoms with van der Waals surface area (Å²) in [6.07, 6.45) is 5.77. The molecular formula is C16H21NO2. The number of hydrogen-bond donors (Lipinski definition) is 0. The highest BCUT2D eigenvalue weighted by atomic mass is 16.3. The molecule has 3 fully saturated rings. The van der Waals surface area contributed by atoms with Crippen molar-refractivity contribution in [1.29, 1.82) is 0 Å². The highest BCUT2D eigenvalue weighted by Gasteiger charge is 2.41. The average molecular weight is 259 g/mol. The number of carbonyl (C=O) groups is 1. The van der Waals surface area contributed by atoms with Crippen LogP contribution < -0.4 is 0 Å². The van der Waals surface area contributed by atoms with Crippen LogP contribution in [-0.4, -0.2) is 16.8 Å². The van der Waals surface area contributed by atoms with Crippen molar-refractivity contribution in [2.24, 2.45) is 11.8 Å². The summed E-state index contributed by atoms with van der Waals surface area (Å²) in [4.78, 5) is 14.3. The van der Waals surface area contributed by atoms with Gasteiger partial charge in [-0.15, -0.1) is 0 Å². The molecule has 4 rings (SSSR count). The minimum absolute atomic E-state index is 0.318. The summed E-state index contributed by atoms with van der Waals surface area (Å²) in [5, 5.41) is 0. The topological polar surface area (TPSA) is 33.5 Å². The van der Waals surface area contributed by atoms with Gasteiger partial charge >= 0.3 is 0 Å². The third-order valence-corrected chi connectivity index (χ3v) is 4.68. The first-order valence-electron chi connectivity index (χ1n) is 7.61. The summed E-state index contributed by atoms with van der Waals surface area (Å²) in [6, 6.07) is 4.66. The molecule has 3 saturated carbocycles. The molecule has 3 aliphatic rings. The molecule has 0 N–H and O–H groups in total. The van der Waals surface area contributed by atoms with Crippen LogP contribution in [-0.2, 0) is 11.3 Å². The van der Waals surface area contributed by atoms with Crippen LogP contribution in [0.1, 0.15) is 56.5 Å². The van der Waals surface area contributed by atoms with Gasteiger partial charge in [-0.1, -0.05) is 6.92 Å². The predicted molar refractivity (Wildman–Crippen MR) is 71.5 cm³/mol. The van der Waals surface area contributed by atoms with E-state index >= 15 is 0 Å².